The minimum Gasteiger partial charge on any atom is -0.465 e. The minimum atomic E-state index is -0.754. The molecule has 8 heteroatoms. The molecule has 28 heavy (non-hydrogen) atoms. The summed E-state index contributed by atoms with van der Waals surface area (Å²) in [6, 6.07) is 11.1. The summed E-state index contributed by atoms with van der Waals surface area (Å²) in [7, 11) is 1.17. The van der Waals surface area contributed by atoms with Crippen molar-refractivity contribution in [3.8, 4) is 0 Å². The Morgan fingerprint density at radius 1 is 1.14 bits per heavy atom. The highest BCUT2D eigenvalue weighted by Gasteiger charge is 2.18. The third-order valence-corrected chi connectivity index (χ3v) is 4.23. The zero-order valence-electron chi connectivity index (χ0n) is 16.3. The molecule has 1 amide bonds. The monoisotopic (exact) mass is 385 g/mol. The van der Waals surface area contributed by atoms with E-state index in [0.717, 1.165) is 24.4 Å². The van der Waals surface area contributed by atoms with Crippen LogP contribution >= 0.6 is 0 Å². The number of nitro benzene ring substituents is 1. The van der Waals surface area contributed by atoms with Gasteiger partial charge in [0.25, 0.3) is 11.6 Å². The quantitative estimate of drug-likeness (QED) is 0.441. The number of carbonyl (C=O) groups is 2. The second-order valence-corrected chi connectivity index (χ2v) is 6.40. The van der Waals surface area contributed by atoms with Crippen molar-refractivity contribution in [3.05, 3.63) is 63.7 Å². The Hall–Kier alpha value is -3.42. The lowest BCUT2D eigenvalue weighted by Crippen LogP contribution is -2.30. The number of nitro groups is 1. The predicted octanol–water partition coefficient (Wildman–Crippen LogP) is 3.87. The molecule has 2 aromatic carbocycles. The summed E-state index contributed by atoms with van der Waals surface area (Å²) in [6.45, 7) is 7.12. The summed E-state index contributed by atoms with van der Waals surface area (Å²) in [5.74, 6) is -1.31. The van der Waals surface area contributed by atoms with Crippen LogP contribution in [0.4, 0.5) is 17.1 Å². The fourth-order valence-electron chi connectivity index (χ4n) is 2.87. The van der Waals surface area contributed by atoms with Gasteiger partial charge in [0.2, 0.25) is 0 Å². The Labute approximate surface area is 163 Å². The second kappa shape index (κ2) is 8.98. The molecule has 148 valence electrons. The first-order chi connectivity index (χ1) is 13.3. The fourth-order valence-corrected chi connectivity index (χ4v) is 2.87. The number of nitrogens with one attached hydrogen (secondary N) is 1. The third kappa shape index (κ3) is 4.85. The maximum Gasteiger partial charge on any atom is 0.338 e. The van der Waals surface area contributed by atoms with Crippen molar-refractivity contribution in [3.63, 3.8) is 0 Å². The SMILES string of the molecule is CCN(c1ccc(NC(=O)c2cc(C(=O)OC)cc([N+](=O)[O-])c2)cc1)C(C)C. The first kappa shape index (κ1) is 20.9. The summed E-state index contributed by atoms with van der Waals surface area (Å²) in [4.78, 5) is 36.9. The third-order valence-electron chi connectivity index (χ3n) is 4.23. The average Bonchev–Trinajstić information content (AvgIpc) is 2.68. The minimum absolute atomic E-state index is 0.00367. The number of carbonyl (C=O) groups excluding carboxylic acids is 2. The molecule has 0 atom stereocenters. The zero-order chi connectivity index (χ0) is 20.8. The molecule has 0 aromatic heterocycles. The number of amides is 1. The van der Waals surface area contributed by atoms with E-state index in [2.05, 4.69) is 35.7 Å². The molecule has 0 fully saturated rings. The first-order valence-electron chi connectivity index (χ1n) is 8.82. The maximum atomic E-state index is 12.5. The maximum absolute atomic E-state index is 12.5. The second-order valence-electron chi connectivity index (χ2n) is 6.40. The van der Waals surface area contributed by atoms with E-state index in [1.54, 1.807) is 12.1 Å². The fraction of sp³-hybridized carbons (Fsp3) is 0.300. The van der Waals surface area contributed by atoms with Crippen molar-refractivity contribution >= 4 is 28.9 Å². The molecule has 0 aliphatic carbocycles. The number of hydrogen-bond acceptors (Lipinski definition) is 6. The lowest BCUT2D eigenvalue weighted by Gasteiger charge is -2.27. The summed E-state index contributed by atoms with van der Waals surface area (Å²) >= 11 is 0. The van der Waals surface area contributed by atoms with Gasteiger partial charge >= 0.3 is 5.97 Å². The zero-order valence-corrected chi connectivity index (χ0v) is 16.3. The predicted molar refractivity (Wildman–Crippen MR) is 107 cm³/mol. The summed E-state index contributed by atoms with van der Waals surface area (Å²) in [6.07, 6.45) is 0. The molecule has 0 aliphatic heterocycles. The Bertz CT molecular complexity index is 878. The topological polar surface area (TPSA) is 102 Å². The van der Waals surface area contributed by atoms with Crippen molar-refractivity contribution in [2.45, 2.75) is 26.8 Å². The highest BCUT2D eigenvalue weighted by molar-refractivity contribution is 6.06. The van der Waals surface area contributed by atoms with E-state index >= 15 is 0 Å². The van der Waals surface area contributed by atoms with Gasteiger partial charge in [0.1, 0.15) is 0 Å². The molecule has 0 saturated carbocycles. The Balaban J connectivity index is 2.26. The molecule has 0 saturated heterocycles. The van der Waals surface area contributed by atoms with Crippen LogP contribution in [0.15, 0.2) is 42.5 Å². The number of benzene rings is 2. The summed E-state index contributed by atoms with van der Waals surface area (Å²) in [5.41, 5.74) is 1.14. The van der Waals surface area contributed by atoms with E-state index in [-0.39, 0.29) is 16.8 Å². The molecule has 0 unspecified atom stereocenters. The van der Waals surface area contributed by atoms with E-state index in [1.165, 1.54) is 13.2 Å². The van der Waals surface area contributed by atoms with Gasteiger partial charge in [-0.25, -0.2) is 4.79 Å². The van der Waals surface area contributed by atoms with Gasteiger partial charge in [-0.2, -0.15) is 0 Å². The van der Waals surface area contributed by atoms with Crippen molar-refractivity contribution in [2.24, 2.45) is 0 Å². The van der Waals surface area contributed by atoms with Crippen LogP contribution in [0.3, 0.4) is 0 Å². The molecule has 2 rings (SSSR count). The van der Waals surface area contributed by atoms with Crippen molar-refractivity contribution in [2.75, 3.05) is 23.9 Å². The number of anilines is 2. The molecule has 0 aliphatic rings. The van der Waals surface area contributed by atoms with Gasteiger partial charge in [0, 0.05) is 41.7 Å². The Morgan fingerprint density at radius 3 is 2.25 bits per heavy atom. The number of ether oxygens (including phenoxy) is 1. The first-order valence-corrected chi connectivity index (χ1v) is 8.82. The Morgan fingerprint density at radius 2 is 1.75 bits per heavy atom. The van der Waals surface area contributed by atoms with Crippen LogP contribution in [-0.4, -0.2) is 36.5 Å². The van der Waals surface area contributed by atoms with E-state index in [1.807, 2.05) is 12.1 Å². The van der Waals surface area contributed by atoms with Crippen molar-refractivity contribution in [1.29, 1.82) is 0 Å². The van der Waals surface area contributed by atoms with Gasteiger partial charge in [0.15, 0.2) is 0 Å². The number of rotatable bonds is 7. The molecule has 0 spiro atoms. The van der Waals surface area contributed by atoms with E-state index in [4.69, 9.17) is 0 Å². The van der Waals surface area contributed by atoms with Gasteiger partial charge in [-0.3, -0.25) is 14.9 Å². The standard InChI is InChI=1S/C20H23N3O5/c1-5-22(13(2)3)17-8-6-16(7-9-17)21-19(24)14-10-15(20(25)28-4)12-18(11-14)23(26)27/h6-13H,5H2,1-4H3,(H,21,24). The summed E-state index contributed by atoms with van der Waals surface area (Å²) < 4.78 is 4.59. The molecule has 0 radical (unpaired) electrons. The normalized spacial score (nSPS) is 10.5. The highest BCUT2D eigenvalue weighted by atomic mass is 16.6. The molecule has 0 heterocycles. The van der Waals surface area contributed by atoms with Gasteiger partial charge in [0.05, 0.1) is 17.6 Å². The summed E-state index contributed by atoms with van der Waals surface area (Å²) in [5, 5.41) is 13.8. The lowest BCUT2D eigenvalue weighted by molar-refractivity contribution is -0.384. The highest BCUT2D eigenvalue weighted by Crippen LogP contribution is 2.22. The van der Waals surface area contributed by atoms with E-state index in [0.29, 0.717) is 11.7 Å². The number of hydrogen-bond donors (Lipinski definition) is 1. The van der Waals surface area contributed by atoms with Crippen molar-refractivity contribution in [1.82, 2.24) is 0 Å². The van der Waals surface area contributed by atoms with E-state index < -0.39 is 16.8 Å². The van der Waals surface area contributed by atoms with Crippen LogP contribution in [0.2, 0.25) is 0 Å². The lowest BCUT2D eigenvalue weighted by atomic mass is 10.1. The van der Waals surface area contributed by atoms with Gasteiger partial charge in [-0.05, 0) is 51.1 Å². The van der Waals surface area contributed by atoms with Gasteiger partial charge < -0.3 is 15.0 Å². The molecule has 2 aromatic rings. The molecular formula is C20H23N3O5. The number of non-ortho nitro benzene ring substituents is 1. The Kier molecular flexibility index (Phi) is 6.70. The largest absolute Gasteiger partial charge is 0.465 e. The number of methoxy groups -OCH3 is 1. The van der Waals surface area contributed by atoms with Crippen LogP contribution in [0.5, 0.6) is 0 Å². The van der Waals surface area contributed by atoms with Crippen LogP contribution in [0.1, 0.15) is 41.5 Å². The van der Waals surface area contributed by atoms with E-state index in [9.17, 15) is 19.7 Å². The van der Waals surface area contributed by atoms with Crippen LogP contribution in [0, 0.1) is 10.1 Å². The molecule has 0 bridgehead atoms. The van der Waals surface area contributed by atoms with Gasteiger partial charge in [-0.15, -0.1) is 0 Å². The van der Waals surface area contributed by atoms with Crippen LogP contribution in [-0.2, 0) is 4.74 Å². The average molecular weight is 385 g/mol. The molecule has 1 N–H and O–H groups in total. The number of esters is 1. The van der Waals surface area contributed by atoms with Crippen molar-refractivity contribution < 1.29 is 19.2 Å². The number of nitrogens with zero attached hydrogens (tertiary/aromatic N) is 2. The van der Waals surface area contributed by atoms with Crippen LogP contribution in [0.25, 0.3) is 0 Å². The van der Waals surface area contributed by atoms with Crippen LogP contribution < -0.4 is 10.2 Å². The smallest absolute Gasteiger partial charge is 0.338 e. The van der Waals surface area contributed by atoms with Gasteiger partial charge in [-0.1, -0.05) is 0 Å². The molecule has 8 nitrogen and oxygen atoms in total. The molecular weight excluding hydrogens is 362 g/mol.